The normalized spacial score (nSPS) is 21.8. The lowest BCUT2D eigenvalue weighted by atomic mass is 10.1. The van der Waals surface area contributed by atoms with Crippen LogP contribution in [0.4, 0.5) is 0 Å². The fourth-order valence-electron chi connectivity index (χ4n) is 1.46. The maximum absolute atomic E-state index is 11.6. The Bertz CT molecular complexity index is 377. The second-order valence-electron chi connectivity index (χ2n) is 4.66. The van der Waals surface area contributed by atoms with Crippen LogP contribution in [0.5, 0.6) is 0 Å². The van der Waals surface area contributed by atoms with Gasteiger partial charge >= 0.3 is 5.97 Å². The summed E-state index contributed by atoms with van der Waals surface area (Å²) in [5.41, 5.74) is 0. The molecule has 0 heterocycles. The Morgan fingerprint density at radius 2 is 2.16 bits per heavy atom. The molecule has 0 spiro atoms. The van der Waals surface area contributed by atoms with Crippen LogP contribution in [0.1, 0.15) is 27.2 Å². The molecule has 1 aliphatic rings. The van der Waals surface area contributed by atoms with E-state index in [9.17, 15) is 4.79 Å². The number of carbonyl (C=O) groups is 1. The molecule has 0 aromatic carbocycles. The van der Waals surface area contributed by atoms with E-state index in [4.69, 9.17) is 9.26 Å². The predicted molar refractivity (Wildman–Crippen MR) is 79.8 cm³/mol. The van der Waals surface area contributed by atoms with Crippen LogP contribution < -0.4 is 0 Å². The highest BCUT2D eigenvalue weighted by Crippen LogP contribution is 2.32. The van der Waals surface area contributed by atoms with E-state index >= 15 is 0 Å². The molecule has 0 radical (unpaired) electrons. The van der Waals surface area contributed by atoms with Gasteiger partial charge in [-0.05, 0) is 33.9 Å². The molecule has 0 N–H and O–H groups in total. The number of rotatable bonds is 6. The Balaban J connectivity index is 2.36. The molecule has 0 aromatic rings. The van der Waals surface area contributed by atoms with Crippen molar-refractivity contribution in [1.82, 2.24) is 0 Å². The Morgan fingerprint density at radius 1 is 1.42 bits per heavy atom. The van der Waals surface area contributed by atoms with Crippen molar-refractivity contribution in [2.75, 3.05) is 6.66 Å². The maximum atomic E-state index is 11.6. The summed E-state index contributed by atoms with van der Waals surface area (Å²) in [5.74, 6) is 1.43. The molecule has 4 nitrogen and oxygen atoms in total. The molecule has 1 rings (SSSR count). The standard InChI is InChI=1S/C14H22NO3P/c1-11(2)17-14(16)12(3)15-10-19(4)18-13-8-6-5-7-9-13/h5-8,10-13H,9H2,1-4H3/t12?,13-,19?/m0/s1. The van der Waals surface area contributed by atoms with Crippen molar-refractivity contribution in [3.63, 3.8) is 0 Å². The first-order chi connectivity index (χ1) is 8.99. The average molecular weight is 283 g/mol. The molecule has 106 valence electrons. The third-order valence-corrected chi connectivity index (χ3v) is 3.45. The second kappa shape index (κ2) is 8.23. The third-order valence-electron chi connectivity index (χ3n) is 2.39. The van der Waals surface area contributed by atoms with Crippen LogP contribution in [0.2, 0.25) is 0 Å². The Hall–Kier alpha value is -0.990. The topological polar surface area (TPSA) is 47.9 Å². The van der Waals surface area contributed by atoms with Gasteiger partial charge in [0.05, 0.1) is 20.4 Å². The second-order valence-corrected chi connectivity index (χ2v) is 6.20. The molecular weight excluding hydrogens is 261 g/mol. The molecule has 0 fully saturated rings. The molecule has 0 bridgehead atoms. The molecule has 1 aliphatic carbocycles. The van der Waals surface area contributed by atoms with Gasteiger partial charge in [-0.25, -0.2) is 4.79 Å². The summed E-state index contributed by atoms with van der Waals surface area (Å²) < 4.78 is 10.9. The molecule has 0 saturated carbocycles. The number of esters is 1. The summed E-state index contributed by atoms with van der Waals surface area (Å²) in [6, 6.07) is -0.474. The fourth-order valence-corrected chi connectivity index (χ4v) is 2.49. The summed E-state index contributed by atoms with van der Waals surface area (Å²) in [6.45, 7) is 7.36. The van der Waals surface area contributed by atoms with Gasteiger partial charge in [-0.2, -0.15) is 0 Å². The molecule has 5 heteroatoms. The van der Waals surface area contributed by atoms with Gasteiger partial charge in [-0.3, -0.25) is 4.99 Å². The van der Waals surface area contributed by atoms with E-state index in [-0.39, 0.29) is 18.2 Å². The first-order valence-electron chi connectivity index (χ1n) is 6.45. The van der Waals surface area contributed by atoms with Crippen molar-refractivity contribution in [2.45, 2.75) is 45.4 Å². The van der Waals surface area contributed by atoms with Gasteiger partial charge in [-0.15, -0.1) is 0 Å². The lowest BCUT2D eigenvalue weighted by molar-refractivity contribution is -0.148. The predicted octanol–water partition coefficient (Wildman–Crippen LogP) is 3.28. The number of nitrogens with zero attached hydrogens (tertiary/aromatic N) is 1. The van der Waals surface area contributed by atoms with Gasteiger partial charge in [0.15, 0.2) is 0 Å². The smallest absolute Gasteiger partial charge is 0.330 e. The zero-order valence-electron chi connectivity index (χ0n) is 11.9. The van der Waals surface area contributed by atoms with Crippen molar-refractivity contribution in [2.24, 2.45) is 4.99 Å². The van der Waals surface area contributed by atoms with E-state index in [0.717, 1.165) is 6.42 Å². The number of allylic oxidation sites excluding steroid dienone is 2. The van der Waals surface area contributed by atoms with Gasteiger partial charge in [0.1, 0.15) is 6.04 Å². The summed E-state index contributed by atoms with van der Waals surface area (Å²) >= 11 is 0. The Morgan fingerprint density at radius 3 is 2.74 bits per heavy atom. The lowest BCUT2D eigenvalue weighted by Gasteiger charge is -2.17. The molecule has 19 heavy (non-hydrogen) atoms. The van der Waals surface area contributed by atoms with Crippen LogP contribution >= 0.6 is 8.15 Å². The zero-order chi connectivity index (χ0) is 14.3. The number of hydrogen-bond donors (Lipinski definition) is 0. The van der Waals surface area contributed by atoms with Crippen molar-refractivity contribution >= 4 is 20.1 Å². The molecule has 0 aliphatic heterocycles. The third kappa shape index (κ3) is 6.65. The van der Waals surface area contributed by atoms with Crippen molar-refractivity contribution in [3.05, 3.63) is 24.3 Å². The molecule has 3 atom stereocenters. The Kier molecular flexibility index (Phi) is 6.96. The van der Waals surface area contributed by atoms with E-state index in [1.165, 1.54) is 0 Å². The first-order valence-corrected chi connectivity index (χ1v) is 8.23. The van der Waals surface area contributed by atoms with Gasteiger partial charge in [0.25, 0.3) is 0 Å². The molecule has 0 saturated heterocycles. The molecule has 0 amide bonds. The number of aliphatic imine (C=N–C) groups is 1. The van der Waals surface area contributed by atoms with E-state index in [1.807, 2.05) is 38.7 Å². The van der Waals surface area contributed by atoms with Crippen LogP contribution in [-0.4, -0.2) is 36.8 Å². The van der Waals surface area contributed by atoms with Gasteiger partial charge in [0, 0.05) is 5.96 Å². The fraction of sp³-hybridized carbons (Fsp3) is 0.571. The van der Waals surface area contributed by atoms with E-state index in [2.05, 4.69) is 11.1 Å². The minimum absolute atomic E-state index is 0.108. The summed E-state index contributed by atoms with van der Waals surface area (Å²) in [5, 5.41) is 0. The number of carbonyl (C=O) groups excluding carboxylic acids is 1. The summed E-state index contributed by atoms with van der Waals surface area (Å²) in [6.07, 6.45) is 9.00. The highest BCUT2D eigenvalue weighted by molar-refractivity contribution is 7.67. The zero-order valence-corrected chi connectivity index (χ0v) is 12.8. The summed E-state index contributed by atoms with van der Waals surface area (Å²) in [4.78, 5) is 15.8. The van der Waals surface area contributed by atoms with Crippen LogP contribution in [-0.2, 0) is 14.1 Å². The van der Waals surface area contributed by atoms with E-state index < -0.39 is 14.2 Å². The average Bonchev–Trinajstić information content (AvgIpc) is 2.36. The van der Waals surface area contributed by atoms with E-state index in [1.54, 1.807) is 12.9 Å². The highest BCUT2D eigenvalue weighted by Gasteiger charge is 2.15. The molecule has 2 unspecified atom stereocenters. The van der Waals surface area contributed by atoms with E-state index in [0.29, 0.717) is 0 Å². The van der Waals surface area contributed by atoms with Crippen molar-refractivity contribution in [3.8, 4) is 0 Å². The largest absolute Gasteiger partial charge is 0.461 e. The Labute approximate surface area is 116 Å². The van der Waals surface area contributed by atoms with Gasteiger partial charge in [0.2, 0.25) is 0 Å². The minimum Gasteiger partial charge on any atom is -0.461 e. The quantitative estimate of drug-likeness (QED) is 0.427. The first kappa shape index (κ1) is 16.1. The minimum atomic E-state index is -0.766. The van der Waals surface area contributed by atoms with Crippen molar-refractivity contribution in [1.29, 1.82) is 0 Å². The van der Waals surface area contributed by atoms with Crippen molar-refractivity contribution < 1.29 is 14.1 Å². The van der Waals surface area contributed by atoms with Gasteiger partial charge < -0.3 is 9.26 Å². The molecular formula is C14H22NO3P. The highest BCUT2D eigenvalue weighted by atomic mass is 31.1. The lowest BCUT2D eigenvalue weighted by Crippen LogP contribution is -2.21. The molecule has 0 aromatic heterocycles. The number of hydrogen-bond acceptors (Lipinski definition) is 4. The van der Waals surface area contributed by atoms with Crippen LogP contribution in [0.3, 0.4) is 0 Å². The summed E-state index contributed by atoms with van der Waals surface area (Å²) in [7, 11) is -0.766. The van der Waals surface area contributed by atoms with Crippen LogP contribution in [0.15, 0.2) is 29.3 Å². The van der Waals surface area contributed by atoms with Gasteiger partial charge in [-0.1, -0.05) is 24.3 Å². The number of ether oxygens (including phenoxy) is 1. The maximum Gasteiger partial charge on any atom is 0.330 e. The monoisotopic (exact) mass is 283 g/mol. The SMILES string of the molecule is CC(C)OC(=O)C(C)N=CP(C)O[C@H]1C=CC=CC1. The van der Waals surface area contributed by atoms with Crippen LogP contribution in [0, 0.1) is 0 Å². The van der Waals surface area contributed by atoms with Crippen LogP contribution in [0.25, 0.3) is 0 Å².